The van der Waals surface area contributed by atoms with Crippen LogP contribution >= 0.6 is 0 Å². The van der Waals surface area contributed by atoms with Gasteiger partial charge in [0.25, 0.3) is 0 Å². The van der Waals surface area contributed by atoms with Gasteiger partial charge in [0.2, 0.25) is 0 Å². The normalized spacial score (nSPS) is 13.0. The average molecular weight is 294 g/mol. The molecule has 0 aliphatic rings. The molecule has 0 fully saturated rings. The summed E-state index contributed by atoms with van der Waals surface area (Å²) in [7, 11) is 0. The maximum absolute atomic E-state index is 8.91. The van der Waals surface area contributed by atoms with Crippen LogP contribution in [0.5, 0.6) is 0 Å². The number of hydrogen-bond acceptors (Lipinski definition) is 5. The molecular weight excluding hydrogens is 264 g/mol. The summed E-state index contributed by atoms with van der Waals surface area (Å²) in [6.07, 6.45) is 2.78. The lowest BCUT2D eigenvalue weighted by Crippen LogP contribution is -2.21. The quantitative estimate of drug-likeness (QED) is 0.687. The van der Waals surface area contributed by atoms with E-state index in [-0.39, 0.29) is 18.1 Å². The number of nitrogens with one attached hydrogen (secondary N) is 2. The first-order chi connectivity index (χ1) is 9.86. The Morgan fingerprint density at radius 3 is 2.48 bits per heavy atom. The van der Waals surface area contributed by atoms with E-state index in [2.05, 4.69) is 55.2 Å². The highest BCUT2D eigenvalue weighted by Crippen LogP contribution is 2.23. The predicted molar refractivity (Wildman–Crippen MR) is 88.9 cm³/mol. The fourth-order valence-corrected chi connectivity index (χ4v) is 1.92. The maximum Gasteiger partial charge on any atom is 0.138 e. The highest BCUT2D eigenvalue weighted by atomic mass is 16.2. The van der Waals surface area contributed by atoms with Gasteiger partial charge in [0.15, 0.2) is 0 Å². The van der Waals surface area contributed by atoms with Gasteiger partial charge in [-0.15, -0.1) is 0 Å². The highest BCUT2D eigenvalue weighted by Gasteiger charge is 2.19. The summed E-state index contributed by atoms with van der Waals surface area (Å²) in [5, 5.41) is 15.6. The van der Waals surface area contributed by atoms with Gasteiger partial charge in [-0.3, -0.25) is 0 Å². The summed E-state index contributed by atoms with van der Waals surface area (Å²) in [5.74, 6) is 2.55. The Labute approximate surface area is 128 Å². The molecule has 5 heteroatoms. The zero-order valence-corrected chi connectivity index (χ0v) is 14.0. The van der Waals surface area contributed by atoms with Crippen molar-refractivity contribution in [3.8, 4) is 0 Å². The van der Waals surface area contributed by atoms with Crippen molar-refractivity contribution in [3.63, 3.8) is 0 Å². The first kappa shape index (κ1) is 17.7. The van der Waals surface area contributed by atoms with Crippen LogP contribution in [-0.2, 0) is 5.41 Å². The number of aliphatic hydroxyl groups is 1. The van der Waals surface area contributed by atoms with Gasteiger partial charge in [0.1, 0.15) is 17.5 Å². The summed E-state index contributed by atoms with van der Waals surface area (Å²) in [6, 6.07) is 2.24. The molecule has 3 N–H and O–H groups in total. The molecule has 1 unspecified atom stereocenters. The van der Waals surface area contributed by atoms with E-state index in [1.807, 2.05) is 6.07 Å². The fourth-order valence-electron chi connectivity index (χ4n) is 1.92. The van der Waals surface area contributed by atoms with Crippen molar-refractivity contribution < 1.29 is 5.11 Å². The van der Waals surface area contributed by atoms with Crippen LogP contribution in [0.3, 0.4) is 0 Å². The number of nitrogens with zero attached hydrogens (tertiary/aromatic N) is 2. The molecule has 5 nitrogen and oxygen atoms in total. The van der Waals surface area contributed by atoms with Crippen LogP contribution in [0.4, 0.5) is 11.6 Å². The van der Waals surface area contributed by atoms with Crippen LogP contribution < -0.4 is 10.6 Å². The molecule has 1 aromatic rings. The van der Waals surface area contributed by atoms with Crippen LogP contribution in [0.2, 0.25) is 0 Å². The largest absolute Gasteiger partial charge is 0.396 e. The van der Waals surface area contributed by atoms with Gasteiger partial charge in [-0.05, 0) is 26.2 Å². The monoisotopic (exact) mass is 294 g/mol. The van der Waals surface area contributed by atoms with Gasteiger partial charge < -0.3 is 15.7 Å². The Kier molecular flexibility index (Phi) is 6.89. The molecule has 0 saturated heterocycles. The van der Waals surface area contributed by atoms with Crippen molar-refractivity contribution in [2.45, 2.75) is 65.3 Å². The second-order valence-corrected chi connectivity index (χ2v) is 6.55. The smallest absolute Gasteiger partial charge is 0.138 e. The van der Waals surface area contributed by atoms with E-state index < -0.39 is 0 Å². The van der Waals surface area contributed by atoms with Crippen LogP contribution in [-0.4, -0.2) is 34.3 Å². The van der Waals surface area contributed by atoms with Gasteiger partial charge in [-0.25, -0.2) is 9.97 Å². The maximum atomic E-state index is 8.91. The number of aliphatic hydroxyl groups excluding tert-OH is 1. The van der Waals surface area contributed by atoms with E-state index in [9.17, 15) is 0 Å². The zero-order valence-electron chi connectivity index (χ0n) is 14.0. The first-order valence-corrected chi connectivity index (χ1v) is 7.87. The zero-order chi connectivity index (χ0) is 15.9. The molecule has 0 spiro atoms. The van der Waals surface area contributed by atoms with E-state index in [1.54, 1.807) is 0 Å². The summed E-state index contributed by atoms with van der Waals surface area (Å²) < 4.78 is 0. The lowest BCUT2D eigenvalue weighted by Gasteiger charge is -2.21. The minimum atomic E-state index is -0.0886. The molecule has 0 aromatic carbocycles. The van der Waals surface area contributed by atoms with E-state index in [0.717, 1.165) is 43.3 Å². The van der Waals surface area contributed by atoms with Crippen molar-refractivity contribution in [1.29, 1.82) is 0 Å². The second kappa shape index (κ2) is 8.17. The minimum absolute atomic E-state index is 0.0886. The van der Waals surface area contributed by atoms with Crippen molar-refractivity contribution in [2.24, 2.45) is 0 Å². The lowest BCUT2D eigenvalue weighted by atomic mass is 9.96. The standard InChI is InChI=1S/C16H30N4O/c1-6-9-17-13-11-14(18-12(2)8-7-10-21)20-15(19-13)16(3,4)5/h11-12,21H,6-10H2,1-5H3,(H2,17,18,19,20). The Morgan fingerprint density at radius 1 is 1.24 bits per heavy atom. The molecule has 0 amide bonds. The van der Waals surface area contributed by atoms with Crippen LogP contribution in [0.25, 0.3) is 0 Å². The Hall–Kier alpha value is -1.36. The number of anilines is 2. The summed E-state index contributed by atoms with van der Waals surface area (Å²) in [6.45, 7) is 11.7. The van der Waals surface area contributed by atoms with Crippen LogP contribution in [0.15, 0.2) is 6.07 Å². The Bertz CT molecular complexity index is 429. The summed E-state index contributed by atoms with van der Waals surface area (Å²) in [4.78, 5) is 9.25. The second-order valence-electron chi connectivity index (χ2n) is 6.55. The molecule has 0 bridgehead atoms. The van der Waals surface area contributed by atoms with Gasteiger partial charge in [0, 0.05) is 30.7 Å². The van der Waals surface area contributed by atoms with Gasteiger partial charge in [0.05, 0.1) is 0 Å². The molecule has 1 aromatic heterocycles. The van der Waals surface area contributed by atoms with Crippen molar-refractivity contribution in [1.82, 2.24) is 9.97 Å². The molecule has 0 aliphatic heterocycles. The third-order valence-corrected chi connectivity index (χ3v) is 3.14. The van der Waals surface area contributed by atoms with Gasteiger partial charge in [-0.2, -0.15) is 0 Å². The van der Waals surface area contributed by atoms with Crippen molar-refractivity contribution >= 4 is 11.6 Å². The third kappa shape index (κ3) is 6.29. The van der Waals surface area contributed by atoms with Crippen LogP contribution in [0, 0.1) is 0 Å². The van der Waals surface area contributed by atoms with E-state index in [1.165, 1.54) is 0 Å². The van der Waals surface area contributed by atoms with Gasteiger partial charge >= 0.3 is 0 Å². The van der Waals surface area contributed by atoms with E-state index >= 15 is 0 Å². The topological polar surface area (TPSA) is 70.1 Å². The number of hydrogen-bond donors (Lipinski definition) is 3. The molecule has 0 radical (unpaired) electrons. The molecular formula is C16H30N4O. The summed E-state index contributed by atoms with van der Waals surface area (Å²) in [5.41, 5.74) is -0.0886. The molecule has 0 saturated carbocycles. The highest BCUT2D eigenvalue weighted by molar-refractivity contribution is 5.48. The van der Waals surface area contributed by atoms with Crippen LogP contribution in [0.1, 0.15) is 59.7 Å². The van der Waals surface area contributed by atoms with E-state index in [0.29, 0.717) is 0 Å². The molecule has 21 heavy (non-hydrogen) atoms. The average Bonchev–Trinajstić information content (AvgIpc) is 2.41. The third-order valence-electron chi connectivity index (χ3n) is 3.14. The Balaban J connectivity index is 2.90. The van der Waals surface area contributed by atoms with Crippen molar-refractivity contribution in [2.75, 3.05) is 23.8 Å². The number of aromatic nitrogens is 2. The van der Waals surface area contributed by atoms with E-state index in [4.69, 9.17) is 5.11 Å². The van der Waals surface area contributed by atoms with Crippen molar-refractivity contribution in [3.05, 3.63) is 11.9 Å². The number of rotatable bonds is 8. The SMILES string of the molecule is CCCNc1cc(NC(C)CCCO)nc(C(C)(C)C)n1. The predicted octanol–water partition coefficient (Wildman–Crippen LogP) is 3.17. The minimum Gasteiger partial charge on any atom is -0.396 e. The molecule has 1 heterocycles. The molecule has 0 aliphatic carbocycles. The molecule has 120 valence electrons. The van der Waals surface area contributed by atoms with Gasteiger partial charge in [-0.1, -0.05) is 27.7 Å². The fraction of sp³-hybridized carbons (Fsp3) is 0.750. The molecule has 1 rings (SSSR count). The Morgan fingerprint density at radius 2 is 1.90 bits per heavy atom. The summed E-state index contributed by atoms with van der Waals surface area (Å²) >= 11 is 0. The first-order valence-electron chi connectivity index (χ1n) is 7.87. The lowest BCUT2D eigenvalue weighted by molar-refractivity contribution is 0.282. The molecule has 1 atom stereocenters.